The monoisotopic (exact) mass is 216 g/mol. The van der Waals surface area contributed by atoms with Crippen LogP contribution in [0.2, 0.25) is 0 Å². The second kappa shape index (κ2) is 6.80. The quantitative estimate of drug-likeness (QED) is 0.716. The number of rotatable bonds is 6. The lowest BCUT2D eigenvalue weighted by molar-refractivity contribution is -0.130. The third-order valence-electron chi connectivity index (χ3n) is 2.05. The molecule has 0 aromatic carbocycles. The molecule has 0 rings (SSSR count). The molecule has 4 heteroatoms. The topological polar surface area (TPSA) is 41.6 Å². The molecular weight excluding hydrogens is 192 g/mol. The average molecular weight is 216 g/mol. The lowest BCUT2D eigenvalue weighted by atomic mass is 10.1. The van der Waals surface area contributed by atoms with Gasteiger partial charge in [0.1, 0.15) is 0 Å². The van der Waals surface area contributed by atoms with Gasteiger partial charge in [-0.2, -0.15) is 0 Å². The molecule has 0 aromatic heterocycles. The van der Waals surface area contributed by atoms with Crippen LogP contribution in [-0.2, 0) is 9.53 Å². The number of likely N-dealkylation sites (N-methyl/N-ethyl adjacent to an activating group) is 1. The third-order valence-corrected chi connectivity index (χ3v) is 2.05. The fraction of sp³-hybridized carbons (Fsp3) is 0.909. The van der Waals surface area contributed by atoms with Crippen molar-refractivity contribution in [1.29, 1.82) is 0 Å². The van der Waals surface area contributed by atoms with Crippen molar-refractivity contribution in [3.05, 3.63) is 0 Å². The van der Waals surface area contributed by atoms with Crippen molar-refractivity contribution in [3.8, 4) is 0 Å². The second-order valence-corrected chi connectivity index (χ2v) is 4.73. The Morgan fingerprint density at radius 2 is 2.00 bits per heavy atom. The summed E-state index contributed by atoms with van der Waals surface area (Å²) in [5.41, 5.74) is 0.0748. The molecule has 0 spiro atoms. The summed E-state index contributed by atoms with van der Waals surface area (Å²) in [4.78, 5) is 13.3. The maximum absolute atomic E-state index is 11.6. The Balaban J connectivity index is 3.64. The predicted molar refractivity (Wildman–Crippen MR) is 61.9 cm³/mol. The van der Waals surface area contributed by atoms with Gasteiger partial charge in [-0.05, 0) is 20.8 Å². The third kappa shape index (κ3) is 8.39. The predicted octanol–water partition coefficient (Wildman–Crippen LogP) is 0.869. The molecule has 0 saturated heterocycles. The van der Waals surface area contributed by atoms with Crippen LogP contribution in [0.3, 0.4) is 0 Å². The first-order valence-electron chi connectivity index (χ1n) is 5.35. The van der Waals surface area contributed by atoms with E-state index >= 15 is 0 Å². The normalized spacial score (nSPS) is 11.5. The smallest absolute Gasteiger partial charge is 0.223 e. The molecule has 1 N–H and O–H groups in total. The van der Waals surface area contributed by atoms with E-state index in [1.165, 1.54) is 0 Å². The zero-order valence-corrected chi connectivity index (χ0v) is 10.6. The highest BCUT2D eigenvalue weighted by atomic mass is 16.5. The molecule has 0 bridgehead atoms. The summed E-state index contributed by atoms with van der Waals surface area (Å²) in [7, 11) is 3.44. The minimum atomic E-state index is 0.0748. The molecular formula is C11H24N2O2. The number of hydrogen-bond donors (Lipinski definition) is 1. The summed E-state index contributed by atoms with van der Waals surface area (Å²) < 4.78 is 4.91. The van der Waals surface area contributed by atoms with Crippen molar-refractivity contribution in [2.24, 2.45) is 0 Å². The van der Waals surface area contributed by atoms with Crippen LogP contribution in [0.4, 0.5) is 0 Å². The molecule has 0 aromatic rings. The van der Waals surface area contributed by atoms with Crippen LogP contribution in [0, 0.1) is 0 Å². The zero-order chi connectivity index (χ0) is 11.9. The van der Waals surface area contributed by atoms with Gasteiger partial charge in [0.05, 0.1) is 6.61 Å². The van der Waals surface area contributed by atoms with Crippen molar-refractivity contribution < 1.29 is 9.53 Å². The fourth-order valence-corrected chi connectivity index (χ4v) is 1.09. The molecule has 0 radical (unpaired) electrons. The van der Waals surface area contributed by atoms with Gasteiger partial charge >= 0.3 is 0 Å². The molecule has 0 unspecified atom stereocenters. The van der Waals surface area contributed by atoms with Gasteiger partial charge in [0.15, 0.2) is 0 Å². The van der Waals surface area contributed by atoms with Crippen LogP contribution >= 0.6 is 0 Å². The molecule has 0 fully saturated rings. The molecule has 90 valence electrons. The average Bonchev–Trinajstić information content (AvgIpc) is 2.11. The molecule has 0 aliphatic heterocycles. The summed E-state index contributed by atoms with van der Waals surface area (Å²) in [6, 6.07) is 0. The van der Waals surface area contributed by atoms with E-state index in [2.05, 4.69) is 26.1 Å². The van der Waals surface area contributed by atoms with E-state index in [4.69, 9.17) is 4.74 Å². The van der Waals surface area contributed by atoms with E-state index in [0.29, 0.717) is 19.6 Å². The van der Waals surface area contributed by atoms with Crippen LogP contribution in [0.15, 0.2) is 0 Å². The van der Waals surface area contributed by atoms with Gasteiger partial charge in [-0.1, -0.05) is 0 Å². The van der Waals surface area contributed by atoms with Gasteiger partial charge in [0, 0.05) is 39.2 Å². The van der Waals surface area contributed by atoms with Crippen LogP contribution in [0.1, 0.15) is 27.2 Å². The summed E-state index contributed by atoms with van der Waals surface area (Å²) in [6.07, 6.45) is 0.539. The van der Waals surface area contributed by atoms with E-state index < -0.39 is 0 Å². The molecule has 0 saturated carbocycles. The van der Waals surface area contributed by atoms with Gasteiger partial charge < -0.3 is 15.0 Å². The lowest BCUT2D eigenvalue weighted by Crippen LogP contribution is -2.39. The summed E-state index contributed by atoms with van der Waals surface area (Å²) >= 11 is 0. The van der Waals surface area contributed by atoms with Crippen molar-refractivity contribution in [2.75, 3.05) is 33.9 Å². The fourth-order valence-electron chi connectivity index (χ4n) is 1.09. The van der Waals surface area contributed by atoms with Gasteiger partial charge in [0.2, 0.25) is 5.91 Å². The summed E-state index contributed by atoms with van der Waals surface area (Å²) in [6.45, 7) is 8.24. The Labute approximate surface area is 93.0 Å². The molecule has 0 aliphatic carbocycles. The highest BCUT2D eigenvalue weighted by Gasteiger charge is 2.11. The molecule has 1 amide bonds. The van der Waals surface area contributed by atoms with E-state index in [9.17, 15) is 4.79 Å². The number of ether oxygens (including phenoxy) is 1. The first-order chi connectivity index (χ1) is 6.87. The van der Waals surface area contributed by atoms with Crippen LogP contribution in [0.25, 0.3) is 0 Å². The van der Waals surface area contributed by atoms with Crippen molar-refractivity contribution in [3.63, 3.8) is 0 Å². The Morgan fingerprint density at radius 1 is 1.40 bits per heavy atom. The maximum Gasteiger partial charge on any atom is 0.223 e. The summed E-state index contributed by atoms with van der Waals surface area (Å²) in [5.74, 6) is 0.156. The molecule has 0 aliphatic rings. The molecule has 0 heterocycles. The van der Waals surface area contributed by atoms with Gasteiger partial charge in [-0.3, -0.25) is 4.79 Å². The zero-order valence-electron chi connectivity index (χ0n) is 10.6. The highest BCUT2D eigenvalue weighted by molar-refractivity contribution is 5.76. The Hall–Kier alpha value is -0.610. The first-order valence-corrected chi connectivity index (χ1v) is 5.35. The number of carbonyl (C=O) groups is 1. The van der Waals surface area contributed by atoms with Crippen molar-refractivity contribution in [2.45, 2.75) is 32.7 Å². The van der Waals surface area contributed by atoms with E-state index in [1.54, 1.807) is 19.1 Å². The molecule has 0 atom stereocenters. The second-order valence-electron chi connectivity index (χ2n) is 4.73. The minimum Gasteiger partial charge on any atom is -0.383 e. The maximum atomic E-state index is 11.6. The number of carbonyl (C=O) groups excluding carboxylic acids is 1. The number of nitrogens with zero attached hydrogens (tertiary/aromatic N) is 1. The Kier molecular flexibility index (Phi) is 6.52. The van der Waals surface area contributed by atoms with Crippen LogP contribution in [-0.4, -0.2) is 50.2 Å². The standard InChI is InChI=1S/C11H24N2O2/c1-11(2,3)12-7-6-10(14)13(4)8-9-15-5/h12H,6-9H2,1-5H3. The number of hydrogen-bond acceptors (Lipinski definition) is 3. The summed E-state index contributed by atoms with van der Waals surface area (Å²) in [5, 5.41) is 3.28. The molecule has 15 heavy (non-hydrogen) atoms. The Bertz CT molecular complexity index is 188. The SMILES string of the molecule is COCCN(C)C(=O)CCNC(C)(C)C. The van der Waals surface area contributed by atoms with Crippen LogP contribution < -0.4 is 5.32 Å². The largest absolute Gasteiger partial charge is 0.383 e. The Morgan fingerprint density at radius 3 is 2.47 bits per heavy atom. The van der Waals surface area contributed by atoms with E-state index in [-0.39, 0.29) is 11.4 Å². The first kappa shape index (κ1) is 14.4. The lowest BCUT2D eigenvalue weighted by Gasteiger charge is -2.22. The number of nitrogens with one attached hydrogen (secondary N) is 1. The van der Waals surface area contributed by atoms with Gasteiger partial charge in [-0.15, -0.1) is 0 Å². The highest BCUT2D eigenvalue weighted by Crippen LogP contribution is 1.99. The van der Waals surface area contributed by atoms with Crippen molar-refractivity contribution >= 4 is 5.91 Å². The number of methoxy groups -OCH3 is 1. The number of amides is 1. The minimum absolute atomic E-state index is 0.0748. The van der Waals surface area contributed by atoms with Gasteiger partial charge in [0.25, 0.3) is 0 Å². The van der Waals surface area contributed by atoms with Gasteiger partial charge in [-0.25, -0.2) is 0 Å². The molecule has 4 nitrogen and oxygen atoms in total. The van der Waals surface area contributed by atoms with E-state index in [0.717, 1.165) is 6.54 Å². The van der Waals surface area contributed by atoms with Crippen LogP contribution in [0.5, 0.6) is 0 Å². The van der Waals surface area contributed by atoms with Crippen molar-refractivity contribution in [1.82, 2.24) is 10.2 Å². The van der Waals surface area contributed by atoms with E-state index in [1.807, 2.05) is 0 Å².